The lowest BCUT2D eigenvalue weighted by molar-refractivity contribution is -0.124. The third-order valence-electron chi connectivity index (χ3n) is 5.03. The topological polar surface area (TPSA) is 56.8 Å². The van der Waals surface area contributed by atoms with Gasteiger partial charge in [0.15, 0.2) is 0 Å². The Hall–Kier alpha value is -2.64. The highest BCUT2D eigenvalue weighted by atomic mass is 32.2. The molecule has 4 rings (SSSR count). The number of pyridine rings is 1. The largest absolute Gasteiger partial charge is 0.369 e. The molecule has 0 saturated carbocycles. The number of benzene rings is 1. The second-order valence-electron chi connectivity index (χ2n) is 6.93. The normalized spacial score (nSPS) is 19.7. The third-order valence-corrected chi connectivity index (χ3v) is 5.93. The standard InChI is InChI=1S/C21H22N4O2S/c1-16-5-2-3-7-18(16)24-11-9-23(10-12-24)15-25-20(26)19(28-21(25)27)13-17-6-4-8-22-14-17/h2-8,13-14H,9-12,15H2,1H3. The fraction of sp³-hybridized carbons (Fsp3) is 0.286. The van der Waals surface area contributed by atoms with Crippen LogP contribution in [0.3, 0.4) is 0 Å². The van der Waals surface area contributed by atoms with Crippen LogP contribution in [0, 0.1) is 6.92 Å². The van der Waals surface area contributed by atoms with Crippen molar-refractivity contribution >= 4 is 34.7 Å². The lowest BCUT2D eigenvalue weighted by Crippen LogP contribution is -2.51. The highest BCUT2D eigenvalue weighted by Gasteiger charge is 2.36. The highest BCUT2D eigenvalue weighted by molar-refractivity contribution is 8.18. The molecule has 0 radical (unpaired) electrons. The number of carbonyl (C=O) groups excluding carboxylic acids is 2. The third kappa shape index (κ3) is 3.95. The molecule has 2 aromatic rings. The molecule has 3 heterocycles. The summed E-state index contributed by atoms with van der Waals surface area (Å²) in [5.74, 6) is -0.222. The number of hydrogen-bond donors (Lipinski definition) is 0. The van der Waals surface area contributed by atoms with Crippen molar-refractivity contribution in [1.29, 1.82) is 0 Å². The van der Waals surface area contributed by atoms with Crippen LogP contribution >= 0.6 is 11.8 Å². The summed E-state index contributed by atoms with van der Waals surface area (Å²) in [6.07, 6.45) is 5.09. The molecule has 0 unspecified atom stereocenters. The van der Waals surface area contributed by atoms with Crippen molar-refractivity contribution in [1.82, 2.24) is 14.8 Å². The fourth-order valence-electron chi connectivity index (χ4n) is 3.48. The second kappa shape index (κ2) is 8.16. The molecule has 7 heteroatoms. The van der Waals surface area contributed by atoms with E-state index >= 15 is 0 Å². The van der Waals surface area contributed by atoms with E-state index in [-0.39, 0.29) is 11.1 Å². The molecule has 0 N–H and O–H groups in total. The molecular weight excluding hydrogens is 372 g/mol. The molecule has 1 aromatic heterocycles. The van der Waals surface area contributed by atoms with Gasteiger partial charge in [0.05, 0.1) is 11.6 Å². The van der Waals surface area contributed by atoms with Gasteiger partial charge in [0.25, 0.3) is 11.1 Å². The summed E-state index contributed by atoms with van der Waals surface area (Å²) in [6, 6.07) is 12.1. The number of imide groups is 1. The van der Waals surface area contributed by atoms with Gasteiger partial charge in [0.2, 0.25) is 0 Å². The average molecular weight is 395 g/mol. The molecule has 0 spiro atoms. The minimum absolute atomic E-state index is 0.207. The van der Waals surface area contributed by atoms with Crippen LogP contribution in [0.15, 0.2) is 53.7 Å². The van der Waals surface area contributed by atoms with Gasteiger partial charge in [-0.1, -0.05) is 24.3 Å². The molecule has 28 heavy (non-hydrogen) atoms. The number of para-hydroxylation sites is 1. The molecule has 144 valence electrons. The van der Waals surface area contributed by atoms with E-state index in [1.807, 2.05) is 18.2 Å². The van der Waals surface area contributed by atoms with Crippen molar-refractivity contribution < 1.29 is 9.59 Å². The molecule has 2 fully saturated rings. The van der Waals surface area contributed by atoms with Crippen LogP contribution in [0.5, 0.6) is 0 Å². The van der Waals surface area contributed by atoms with Crippen molar-refractivity contribution in [3.8, 4) is 0 Å². The van der Waals surface area contributed by atoms with Gasteiger partial charge in [-0.2, -0.15) is 0 Å². The fourth-order valence-corrected chi connectivity index (χ4v) is 4.31. The number of nitrogens with zero attached hydrogens (tertiary/aromatic N) is 4. The first-order valence-electron chi connectivity index (χ1n) is 9.30. The number of thioether (sulfide) groups is 1. The predicted molar refractivity (Wildman–Crippen MR) is 112 cm³/mol. The van der Waals surface area contributed by atoms with Gasteiger partial charge >= 0.3 is 0 Å². The Labute approximate surface area is 168 Å². The van der Waals surface area contributed by atoms with Gasteiger partial charge in [-0.15, -0.1) is 0 Å². The van der Waals surface area contributed by atoms with Crippen molar-refractivity contribution in [2.45, 2.75) is 6.92 Å². The average Bonchev–Trinajstić information content (AvgIpc) is 2.97. The van der Waals surface area contributed by atoms with Crippen molar-refractivity contribution in [3.05, 3.63) is 64.8 Å². The number of rotatable bonds is 4. The number of carbonyl (C=O) groups is 2. The first kappa shape index (κ1) is 18.7. The zero-order valence-electron chi connectivity index (χ0n) is 15.7. The van der Waals surface area contributed by atoms with Gasteiger partial charge in [0.1, 0.15) is 0 Å². The van der Waals surface area contributed by atoms with Crippen LogP contribution in [-0.4, -0.2) is 58.8 Å². The number of aryl methyl sites for hydroxylation is 1. The minimum atomic E-state index is -0.222. The lowest BCUT2D eigenvalue weighted by atomic mass is 10.1. The van der Waals surface area contributed by atoms with E-state index < -0.39 is 0 Å². The molecule has 1 aromatic carbocycles. The Morgan fingerprint density at radius 3 is 2.57 bits per heavy atom. The van der Waals surface area contributed by atoms with Gasteiger partial charge in [0, 0.05) is 44.3 Å². The molecule has 2 amide bonds. The highest BCUT2D eigenvalue weighted by Crippen LogP contribution is 2.32. The smallest absolute Gasteiger partial charge is 0.294 e. The van der Waals surface area contributed by atoms with E-state index in [0.29, 0.717) is 11.6 Å². The van der Waals surface area contributed by atoms with Crippen molar-refractivity contribution in [2.24, 2.45) is 0 Å². The van der Waals surface area contributed by atoms with E-state index in [2.05, 4.69) is 39.9 Å². The van der Waals surface area contributed by atoms with Crippen LogP contribution in [0.2, 0.25) is 0 Å². The first-order chi connectivity index (χ1) is 13.6. The first-order valence-corrected chi connectivity index (χ1v) is 10.1. The van der Waals surface area contributed by atoms with Gasteiger partial charge in [-0.3, -0.25) is 24.4 Å². The Morgan fingerprint density at radius 1 is 1.07 bits per heavy atom. The number of amides is 2. The van der Waals surface area contributed by atoms with Crippen LogP contribution in [0.1, 0.15) is 11.1 Å². The molecule has 6 nitrogen and oxygen atoms in total. The van der Waals surface area contributed by atoms with Crippen LogP contribution in [0.4, 0.5) is 10.5 Å². The van der Waals surface area contributed by atoms with Crippen LogP contribution in [0.25, 0.3) is 6.08 Å². The van der Waals surface area contributed by atoms with E-state index in [9.17, 15) is 9.59 Å². The van der Waals surface area contributed by atoms with Gasteiger partial charge < -0.3 is 4.90 Å². The molecule has 0 atom stereocenters. The number of aromatic nitrogens is 1. The Balaban J connectivity index is 1.37. The zero-order valence-corrected chi connectivity index (χ0v) is 16.6. The van der Waals surface area contributed by atoms with E-state index in [1.54, 1.807) is 18.5 Å². The van der Waals surface area contributed by atoms with E-state index in [4.69, 9.17) is 0 Å². The Morgan fingerprint density at radius 2 is 1.86 bits per heavy atom. The maximum Gasteiger partial charge on any atom is 0.294 e. The summed E-state index contributed by atoms with van der Waals surface area (Å²) < 4.78 is 0. The number of piperazine rings is 1. The van der Waals surface area contributed by atoms with E-state index in [0.717, 1.165) is 43.5 Å². The van der Waals surface area contributed by atoms with Gasteiger partial charge in [-0.05, 0) is 48.0 Å². The summed E-state index contributed by atoms with van der Waals surface area (Å²) in [6.45, 7) is 5.86. The Kier molecular flexibility index (Phi) is 5.45. The number of hydrogen-bond acceptors (Lipinski definition) is 6. The molecule has 2 aliphatic rings. The predicted octanol–water partition coefficient (Wildman–Crippen LogP) is 3.21. The minimum Gasteiger partial charge on any atom is -0.369 e. The monoisotopic (exact) mass is 394 g/mol. The number of anilines is 1. The summed E-state index contributed by atoms with van der Waals surface area (Å²) in [7, 11) is 0. The van der Waals surface area contributed by atoms with Crippen LogP contribution in [-0.2, 0) is 4.79 Å². The molecule has 2 aliphatic heterocycles. The maximum absolute atomic E-state index is 12.7. The van der Waals surface area contributed by atoms with Crippen molar-refractivity contribution in [2.75, 3.05) is 37.7 Å². The van der Waals surface area contributed by atoms with Crippen LogP contribution < -0.4 is 4.90 Å². The zero-order chi connectivity index (χ0) is 19.5. The lowest BCUT2D eigenvalue weighted by Gasteiger charge is -2.37. The molecular formula is C21H22N4O2S. The van der Waals surface area contributed by atoms with E-state index in [1.165, 1.54) is 16.2 Å². The molecule has 2 saturated heterocycles. The summed E-state index contributed by atoms with van der Waals surface area (Å²) in [5.41, 5.74) is 3.34. The SMILES string of the molecule is Cc1ccccc1N1CCN(CN2C(=O)SC(=Cc3cccnc3)C2=O)CC1. The molecule has 0 bridgehead atoms. The second-order valence-corrected chi connectivity index (χ2v) is 7.92. The van der Waals surface area contributed by atoms with Crippen molar-refractivity contribution in [3.63, 3.8) is 0 Å². The quantitative estimate of drug-likeness (QED) is 0.743. The summed E-state index contributed by atoms with van der Waals surface area (Å²) in [4.78, 5) is 35.4. The van der Waals surface area contributed by atoms with Gasteiger partial charge in [-0.25, -0.2) is 0 Å². The summed E-state index contributed by atoms with van der Waals surface area (Å²) in [5, 5.41) is -0.207. The maximum atomic E-state index is 12.7. The summed E-state index contributed by atoms with van der Waals surface area (Å²) >= 11 is 0.998. The Bertz CT molecular complexity index is 908. The molecule has 0 aliphatic carbocycles.